The van der Waals surface area contributed by atoms with E-state index in [2.05, 4.69) is 5.32 Å². The van der Waals surface area contributed by atoms with Gasteiger partial charge in [0.2, 0.25) is 5.91 Å². The van der Waals surface area contributed by atoms with Crippen molar-refractivity contribution < 1.29 is 28.7 Å². The van der Waals surface area contributed by atoms with Crippen molar-refractivity contribution in [2.45, 2.75) is 27.2 Å². The van der Waals surface area contributed by atoms with Crippen LogP contribution in [0.3, 0.4) is 0 Å². The fourth-order valence-corrected chi connectivity index (χ4v) is 3.43. The van der Waals surface area contributed by atoms with Gasteiger partial charge in [0.25, 0.3) is 5.91 Å². The van der Waals surface area contributed by atoms with Gasteiger partial charge in [-0.1, -0.05) is 32.0 Å². The van der Waals surface area contributed by atoms with Crippen LogP contribution in [-0.4, -0.2) is 43.5 Å². The number of carbonyl (C=O) groups excluding carboxylic acids is 4. The van der Waals surface area contributed by atoms with Crippen LogP contribution in [0.2, 0.25) is 0 Å². The van der Waals surface area contributed by atoms with Crippen molar-refractivity contribution >= 4 is 35.1 Å². The van der Waals surface area contributed by atoms with Crippen molar-refractivity contribution in [1.82, 2.24) is 0 Å². The number of esters is 2. The lowest BCUT2D eigenvalue weighted by Gasteiger charge is -2.18. The summed E-state index contributed by atoms with van der Waals surface area (Å²) in [6.07, 6.45) is 0.0448. The monoisotopic (exact) mass is 452 g/mol. The molecule has 0 unspecified atom stereocenters. The molecule has 2 aromatic carbocycles. The van der Waals surface area contributed by atoms with Gasteiger partial charge in [0.05, 0.1) is 18.1 Å². The smallest absolute Gasteiger partial charge is 0.338 e. The third-order valence-corrected chi connectivity index (χ3v) is 5.16. The number of rotatable bonds is 8. The Labute approximate surface area is 192 Å². The largest absolute Gasteiger partial charge is 0.462 e. The van der Waals surface area contributed by atoms with Crippen LogP contribution in [0, 0.1) is 18.8 Å². The lowest BCUT2D eigenvalue weighted by molar-refractivity contribution is -0.151. The molecule has 2 aromatic rings. The first-order valence-electron chi connectivity index (χ1n) is 10.8. The standard InChI is InChI=1S/C25H28N2O6/c1-16(2)14-32-24(30)18-8-10-20(11-9-18)26-22(28)15-33-25(31)19-12-23(29)27(13-19)21-7-5-4-6-17(21)3/h4-11,16,19H,12-15H2,1-3H3,(H,26,28)/t19-/m1/s1. The molecule has 0 aromatic heterocycles. The molecular weight excluding hydrogens is 424 g/mol. The second-order valence-electron chi connectivity index (χ2n) is 8.42. The number of anilines is 2. The Morgan fingerprint density at radius 3 is 2.42 bits per heavy atom. The number of amides is 2. The molecule has 0 spiro atoms. The van der Waals surface area contributed by atoms with Gasteiger partial charge in [-0.05, 0) is 48.7 Å². The van der Waals surface area contributed by atoms with Gasteiger partial charge in [-0.25, -0.2) is 4.79 Å². The summed E-state index contributed by atoms with van der Waals surface area (Å²) in [5, 5.41) is 2.61. The molecule has 0 radical (unpaired) electrons. The van der Waals surface area contributed by atoms with Crippen LogP contribution < -0.4 is 10.2 Å². The second-order valence-corrected chi connectivity index (χ2v) is 8.42. The normalized spacial score (nSPS) is 15.5. The van der Waals surface area contributed by atoms with Crippen molar-refractivity contribution in [3.63, 3.8) is 0 Å². The number of benzene rings is 2. The summed E-state index contributed by atoms with van der Waals surface area (Å²) < 4.78 is 10.3. The minimum absolute atomic E-state index is 0.0448. The maximum absolute atomic E-state index is 12.4. The van der Waals surface area contributed by atoms with E-state index in [4.69, 9.17) is 9.47 Å². The van der Waals surface area contributed by atoms with Gasteiger partial charge in [-0.3, -0.25) is 14.4 Å². The van der Waals surface area contributed by atoms with Crippen LogP contribution in [0.1, 0.15) is 36.2 Å². The van der Waals surface area contributed by atoms with Gasteiger partial charge in [-0.15, -0.1) is 0 Å². The van der Waals surface area contributed by atoms with Gasteiger partial charge in [0.1, 0.15) is 0 Å². The van der Waals surface area contributed by atoms with Crippen LogP contribution in [-0.2, 0) is 23.9 Å². The predicted octanol–water partition coefficient (Wildman–Crippen LogP) is 3.34. The molecule has 1 atom stereocenters. The number of carbonyl (C=O) groups is 4. The van der Waals surface area contributed by atoms with Gasteiger partial charge >= 0.3 is 11.9 Å². The first-order valence-corrected chi connectivity index (χ1v) is 10.8. The van der Waals surface area contributed by atoms with E-state index in [0.717, 1.165) is 11.3 Å². The summed E-state index contributed by atoms with van der Waals surface area (Å²) in [4.78, 5) is 50.5. The maximum atomic E-state index is 12.4. The van der Waals surface area contributed by atoms with Crippen LogP contribution in [0.15, 0.2) is 48.5 Å². The highest BCUT2D eigenvalue weighted by atomic mass is 16.5. The summed E-state index contributed by atoms with van der Waals surface area (Å²) in [6, 6.07) is 13.7. The summed E-state index contributed by atoms with van der Waals surface area (Å²) >= 11 is 0. The third-order valence-electron chi connectivity index (χ3n) is 5.16. The zero-order valence-corrected chi connectivity index (χ0v) is 19.0. The fraction of sp³-hybridized carbons (Fsp3) is 0.360. The van der Waals surface area contributed by atoms with Crippen LogP contribution in [0.4, 0.5) is 11.4 Å². The zero-order chi connectivity index (χ0) is 24.0. The molecule has 2 amide bonds. The molecule has 1 fully saturated rings. The number of nitrogens with zero attached hydrogens (tertiary/aromatic N) is 1. The van der Waals surface area contributed by atoms with E-state index >= 15 is 0 Å². The third kappa shape index (κ3) is 6.41. The van der Waals surface area contributed by atoms with Crippen molar-refractivity contribution in [3.8, 4) is 0 Å². The highest BCUT2D eigenvalue weighted by molar-refractivity contribution is 6.00. The highest BCUT2D eigenvalue weighted by Crippen LogP contribution is 2.28. The maximum Gasteiger partial charge on any atom is 0.338 e. The first-order chi connectivity index (χ1) is 15.7. The Kier molecular flexibility index (Phi) is 7.82. The van der Waals surface area contributed by atoms with E-state index in [0.29, 0.717) is 17.9 Å². The van der Waals surface area contributed by atoms with Gasteiger partial charge in [0, 0.05) is 24.3 Å². The Balaban J connectivity index is 1.47. The number of hydrogen-bond acceptors (Lipinski definition) is 6. The Morgan fingerprint density at radius 1 is 1.06 bits per heavy atom. The molecular formula is C25H28N2O6. The molecule has 8 nitrogen and oxygen atoms in total. The fourth-order valence-electron chi connectivity index (χ4n) is 3.43. The molecule has 8 heteroatoms. The number of para-hydroxylation sites is 1. The molecule has 174 valence electrons. The van der Waals surface area contributed by atoms with Crippen molar-refractivity contribution in [1.29, 1.82) is 0 Å². The van der Waals surface area contributed by atoms with E-state index in [9.17, 15) is 19.2 Å². The number of nitrogens with one attached hydrogen (secondary N) is 1. The van der Waals surface area contributed by atoms with Gasteiger partial charge < -0.3 is 19.7 Å². The molecule has 1 heterocycles. The van der Waals surface area contributed by atoms with Crippen LogP contribution in [0.25, 0.3) is 0 Å². The van der Waals surface area contributed by atoms with Crippen molar-refractivity contribution in [2.75, 3.05) is 30.0 Å². The summed E-state index contributed by atoms with van der Waals surface area (Å²) in [5.74, 6) is -2.07. The second kappa shape index (κ2) is 10.8. The number of aryl methyl sites for hydroxylation is 1. The van der Waals surface area contributed by atoms with Crippen LogP contribution >= 0.6 is 0 Å². The summed E-state index contributed by atoms with van der Waals surface area (Å²) in [6.45, 7) is 5.88. The quantitative estimate of drug-likeness (QED) is 0.617. The average Bonchev–Trinajstić information content (AvgIpc) is 3.18. The van der Waals surface area contributed by atoms with E-state index in [1.165, 1.54) is 0 Å². The summed E-state index contributed by atoms with van der Waals surface area (Å²) in [7, 11) is 0. The number of hydrogen-bond donors (Lipinski definition) is 1. The lowest BCUT2D eigenvalue weighted by atomic mass is 10.1. The minimum atomic E-state index is -0.624. The number of ether oxygens (including phenoxy) is 2. The van der Waals surface area contributed by atoms with E-state index in [-0.39, 0.29) is 24.8 Å². The Bertz CT molecular complexity index is 1030. The molecule has 0 aliphatic carbocycles. The first kappa shape index (κ1) is 24.0. The molecule has 3 rings (SSSR count). The van der Waals surface area contributed by atoms with Crippen LogP contribution in [0.5, 0.6) is 0 Å². The lowest BCUT2D eigenvalue weighted by Crippen LogP contribution is -2.28. The van der Waals surface area contributed by atoms with Crippen molar-refractivity contribution in [2.24, 2.45) is 11.8 Å². The van der Waals surface area contributed by atoms with E-state index in [1.807, 2.05) is 45.0 Å². The SMILES string of the molecule is Cc1ccccc1N1C[C@H](C(=O)OCC(=O)Nc2ccc(C(=O)OCC(C)C)cc2)CC1=O. The Hall–Kier alpha value is -3.68. The van der Waals surface area contributed by atoms with Crippen molar-refractivity contribution in [3.05, 3.63) is 59.7 Å². The molecule has 1 N–H and O–H groups in total. The molecule has 1 saturated heterocycles. The van der Waals surface area contributed by atoms with Gasteiger partial charge in [-0.2, -0.15) is 0 Å². The minimum Gasteiger partial charge on any atom is -0.462 e. The highest BCUT2D eigenvalue weighted by Gasteiger charge is 2.36. The molecule has 33 heavy (non-hydrogen) atoms. The Morgan fingerprint density at radius 2 is 1.76 bits per heavy atom. The summed E-state index contributed by atoms with van der Waals surface area (Å²) in [5.41, 5.74) is 2.55. The molecule has 0 saturated carbocycles. The zero-order valence-electron chi connectivity index (χ0n) is 19.0. The van der Waals surface area contributed by atoms with Gasteiger partial charge in [0.15, 0.2) is 6.61 Å². The van der Waals surface area contributed by atoms with E-state index < -0.39 is 30.4 Å². The predicted molar refractivity (Wildman–Crippen MR) is 123 cm³/mol. The van der Waals surface area contributed by atoms with E-state index in [1.54, 1.807) is 29.2 Å². The molecule has 1 aliphatic heterocycles. The average molecular weight is 453 g/mol. The molecule has 1 aliphatic rings. The molecule has 0 bridgehead atoms. The topological polar surface area (TPSA) is 102 Å².